The van der Waals surface area contributed by atoms with E-state index in [1.807, 2.05) is 11.8 Å². The summed E-state index contributed by atoms with van der Waals surface area (Å²) in [5.41, 5.74) is -0.257. The summed E-state index contributed by atoms with van der Waals surface area (Å²) in [4.78, 5) is 12.3. The number of hydrogen-bond acceptors (Lipinski definition) is 3. The van der Waals surface area contributed by atoms with Crippen LogP contribution in [0.4, 0.5) is 0 Å². The molecule has 0 spiro atoms. The van der Waals surface area contributed by atoms with Gasteiger partial charge in [-0.2, -0.15) is 11.8 Å². The molecule has 0 aromatic rings. The van der Waals surface area contributed by atoms with E-state index in [9.17, 15) is 4.79 Å². The molecule has 0 aromatic heterocycles. The lowest BCUT2D eigenvalue weighted by Crippen LogP contribution is -2.48. The Bertz CT molecular complexity index is 263. The molecule has 2 unspecified atom stereocenters. The zero-order valence-corrected chi connectivity index (χ0v) is 13.0. The van der Waals surface area contributed by atoms with Crippen LogP contribution in [0.15, 0.2) is 0 Å². The summed E-state index contributed by atoms with van der Waals surface area (Å²) in [6.45, 7) is 9.22. The molecule has 3 nitrogen and oxygen atoms in total. The summed E-state index contributed by atoms with van der Waals surface area (Å²) in [6, 6.07) is 0. The van der Waals surface area contributed by atoms with Gasteiger partial charge in [-0.25, -0.2) is 0 Å². The number of amides is 1. The first kappa shape index (κ1) is 15.8. The molecule has 1 rings (SSSR count). The number of thioether (sulfide) groups is 1. The molecule has 0 aromatic carbocycles. The van der Waals surface area contributed by atoms with Gasteiger partial charge < -0.3 is 10.6 Å². The Labute approximate surface area is 116 Å². The summed E-state index contributed by atoms with van der Waals surface area (Å²) in [6.07, 6.45) is 4.45. The lowest BCUT2D eigenvalue weighted by Gasteiger charge is -2.36. The third-order valence-electron chi connectivity index (χ3n) is 3.96. The average molecular weight is 272 g/mol. The molecule has 0 aliphatic carbocycles. The fourth-order valence-electron chi connectivity index (χ4n) is 2.49. The van der Waals surface area contributed by atoms with E-state index in [2.05, 4.69) is 37.7 Å². The summed E-state index contributed by atoms with van der Waals surface area (Å²) in [7, 11) is 0. The summed E-state index contributed by atoms with van der Waals surface area (Å²) in [5.74, 6) is 2.32. The molecule has 1 saturated heterocycles. The molecule has 1 aliphatic heterocycles. The van der Waals surface area contributed by atoms with Gasteiger partial charge in [0.2, 0.25) is 5.91 Å². The lowest BCUT2D eigenvalue weighted by atomic mass is 9.74. The van der Waals surface area contributed by atoms with Crippen molar-refractivity contribution in [1.82, 2.24) is 10.6 Å². The lowest BCUT2D eigenvalue weighted by molar-refractivity contribution is -0.132. The molecule has 2 N–H and O–H groups in total. The van der Waals surface area contributed by atoms with Crippen LogP contribution in [0.3, 0.4) is 0 Å². The predicted octanol–water partition coefficient (Wildman–Crippen LogP) is 2.13. The maximum absolute atomic E-state index is 12.3. The molecule has 18 heavy (non-hydrogen) atoms. The summed E-state index contributed by atoms with van der Waals surface area (Å²) in [5, 5.41) is 6.52. The Hall–Kier alpha value is -0.220. The van der Waals surface area contributed by atoms with Crippen molar-refractivity contribution < 1.29 is 4.79 Å². The quantitative estimate of drug-likeness (QED) is 0.778. The van der Waals surface area contributed by atoms with Gasteiger partial charge in [0.1, 0.15) is 0 Å². The number of carbonyl (C=O) groups excluding carboxylic acids is 1. The van der Waals surface area contributed by atoms with Crippen molar-refractivity contribution in [3.63, 3.8) is 0 Å². The second kappa shape index (κ2) is 7.39. The van der Waals surface area contributed by atoms with Crippen LogP contribution in [0, 0.1) is 17.3 Å². The standard InChI is InChI=1S/C14H28N2OS/c1-11(10-18-4)8-16-13(17)14(2,3)12-6-5-7-15-9-12/h11-12,15H,5-10H2,1-4H3,(H,16,17). The van der Waals surface area contributed by atoms with Gasteiger partial charge in [-0.15, -0.1) is 0 Å². The second-order valence-corrected chi connectivity index (χ2v) is 6.95. The van der Waals surface area contributed by atoms with Crippen molar-refractivity contribution in [2.75, 3.05) is 31.6 Å². The van der Waals surface area contributed by atoms with E-state index in [-0.39, 0.29) is 11.3 Å². The molecule has 0 bridgehead atoms. The normalized spacial score (nSPS) is 22.6. The van der Waals surface area contributed by atoms with Gasteiger partial charge in [-0.05, 0) is 49.8 Å². The molecule has 1 fully saturated rings. The molecule has 0 radical (unpaired) electrons. The Balaban J connectivity index is 2.42. The van der Waals surface area contributed by atoms with Gasteiger partial charge in [0.05, 0.1) is 0 Å². The van der Waals surface area contributed by atoms with Crippen LogP contribution < -0.4 is 10.6 Å². The van der Waals surface area contributed by atoms with E-state index in [1.165, 1.54) is 6.42 Å². The van der Waals surface area contributed by atoms with Crippen LogP contribution in [0.5, 0.6) is 0 Å². The van der Waals surface area contributed by atoms with Crippen molar-refractivity contribution in [2.24, 2.45) is 17.3 Å². The van der Waals surface area contributed by atoms with E-state index in [4.69, 9.17) is 0 Å². The van der Waals surface area contributed by atoms with E-state index in [0.717, 1.165) is 31.8 Å². The summed E-state index contributed by atoms with van der Waals surface area (Å²) < 4.78 is 0. The Kier molecular flexibility index (Phi) is 6.50. The first-order valence-electron chi connectivity index (χ1n) is 6.96. The zero-order chi connectivity index (χ0) is 13.6. The van der Waals surface area contributed by atoms with Crippen molar-refractivity contribution in [1.29, 1.82) is 0 Å². The van der Waals surface area contributed by atoms with Gasteiger partial charge >= 0.3 is 0 Å². The van der Waals surface area contributed by atoms with Crippen molar-refractivity contribution in [3.05, 3.63) is 0 Å². The first-order chi connectivity index (χ1) is 8.48. The Morgan fingerprint density at radius 3 is 2.83 bits per heavy atom. The highest BCUT2D eigenvalue weighted by atomic mass is 32.2. The third-order valence-corrected chi connectivity index (χ3v) is 4.87. The van der Waals surface area contributed by atoms with Gasteiger partial charge in [-0.1, -0.05) is 20.8 Å². The van der Waals surface area contributed by atoms with Crippen LogP contribution in [0.25, 0.3) is 0 Å². The van der Waals surface area contributed by atoms with E-state index >= 15 is 0 Å². The van der Waals surface area contributed by atoms with Crippen LogP contribution in [0.2, 0.25) is 0 Å². The van der Waals surface area contributed by atoms with E-state index in [0.29, 0.717) is 11.8 Å². The van der Waals surface area contributed by atoms with Crippen LogP contribution >= 0.6 is 11.8 Å². The minimum Gasteiger partial charge on any atom is -0.355 e. The van der Waals surface area contributed by atoms with Crippen LogP contribution in [-0.4, -0.2) is 37.6 Å². The second-order valence-electron chi connectivity index (χ2n) is 6.04. The molecule has 1 aliphatic rings. The predicted molar refractivity (Wildman–Crippen MR) is 79.9 cm³/mol. The molecule has 4 heteroatoms. The van der Waals surface area contributed by atoms with Crippen molar-refractivity contribution in [3.8, 4) is 0 Å². The number of rotatable bonds is 6. The van der Waals surface area contributed by atoms with E-state index in [1.54, 1.807) is 0 Å². The van der Waals surface area contributed by atoms with Crippen molar-refractivity contribution >= 4 is 17.7 Å². The number of hydrogen-bond donors (Lipinski definition) is 2. The molecular formula is C14H28N2OS. The molecule has 106 valence electrons. The van der Waals surface area contributed by atoms with Gasteiger partial charge in [0.15, 0.2) is 0 Å². The van der Waals surface area contributed by atoms with Gasteiger partial charge in [-0.3, -0.25) is 4.79 Å². The van der Waals surface area contributed by atoms with Gasteiger partial charge in [0, 0.05) is 12.0 Å². The monoisotopic (exact) mass is 272 g/mol. The third kappa shape index (κ3) is 4.47. The number of piperidine rings is 1. The van der Waals surface area contributed by atoms with Crippen LogP contribution in [-0.2, 0) is 4.79 Å². The fourth-order valence-corrected chi connectivity index (χ4v) is 3.18. The topological polar surface area (TPSA) is 41.1 Å². The smallest absolute Gasteiger partial charge is 0.225 e. The van der Waals surface area contributed by atoms with Crippen molar-refractivity contribution in [2.45, 2.75) is 33.6 Å². The highest BCUT2D eigenvalue weighted by Gasteiger charge is 2.37. The largest absolute Gasteiger partial charge is 0.355 e. The minimum absolute atomic E-state index is 0.212. The SMILES string of the molecule is CSCC(C)CNC(=O)C(C)(C)C1CCCNC1. The molecule has 0 saturated carbocycles. The first-order valence-corrected chi connectivity index (χ1v) is 8.35. The maximum atomic E-state index is 12.3. The molecule has 2 atom stereocenters. The van der Waals surface area contributed by atoms with Crippen LogP contribution in [0.1, 0.15) is 33.6 Å². The molecule has 1 amide bonds. The number of nitrogens with one attached hydrogen (secondary N) is 2. The fraction of sp³-hybridized carbons (Fsp3) is 0.929. The molecule has 1 heterocycles. The molecular weight excluding hydrogens is 244 g/mol. The highest BCUT2D eigenvalue weighted by Crippen LogP contribution is 2.31. The van der Waals surface area contributed by atoms with E-state index < -0.39 is 0 Å². The highest BCUT2D eigenvalue weighted by molar-refractivity contribution is 7.98. The van der Waals surface area contributed by atoms with Gasteiger partial charge in [0.25, 0.3) is 0 Å². The number of carbonyl (C=O) groups is 1. The minimum atomic E-state index is -0.257. The zero-order valence-electron chi connectivity index (χ0n) is 12.2. The Morgan fingerprint density at radius 2 is 2.28 bits per heavy atom. The summed E-state index contributed by atoms with van der Waals surface area (Å²) >= 11 is 1.84. The Morgan fingerprint density at radius 1 is 1.56 bits per heavy atom. The maximum Gasteiger partial charge on any atom is 0.225 e. The average Bonchev–Trinajstić information content (AvgIpc) is 2.37.